The molecule has 0 saturated heterocycles. The van der Waals surface area contributed by atoms with E-state index in [0.717, 1.165) is 5.69 Å². The fourth-order valence-electron chi connectivity index (χ4n) is 1.91. The van der Waals surface area contributed by atoms with E-state index in [0.29, 0.717) is 19.0 Å². The highest BCUT2D eigenvalue weighted by atomic mass is 32.2. The van der Waals surface area contributed by atoms with Gasteiger partial charge in [-0.3, -0.25) is 0 Å². The molecule has 0 atom stereocenters. The smallest absolute Gasteiger partial charge is 0.244 e. The highest BCUT2D eigenvalue weighted by Crippen LogP contribution is 2.18. The van der Waals surface area contributed by atoms with Crippen LogP contribution in [0.1, 0.15) is 12.6 Å². The molecule has 0 aliphatic rings. The van der Waals surface area contributed by atoms with E-state index in [-0.39, 0.29) is 4.90 Å². The van der Waals surface area contributed by atoms with Gasteiger partial charge in [-0.1, -0.05) is 0 Å². The Kier molecular flexibility index (Phi) is 4.64. The van der Waals surface area contributed by atoms with Crippen molar-refractivity contribution in [2.24, 2.45) is 7.05 Å². The predicted molar refractivity (Wildman–Crippen MR) is 79.5 cm³/mol. The van der Waals surface area contributed by atoms with Crippen molar-refractivity contribution in [1.29, 1.82) is 0 Å². The van der Waals surface area contributed by atoms with Crippen LogP contribution in [-0.2, 0) is 23.6 Å². The highest BCUT2D eigenvalue weighted by Gasteiger charge is 2.22. The summed E-state index contributed by atoms with van der Waals surface area (Å²) in [5.41, 5.74) is 0.917. The lowest BCUT2D eigenvalue weighted by molar-refractivity contribution is 0.326. The number of hydrogen-bond donors (Lipinski definition) is 0. The normalized spacial score (nSPS) is 11.8. The zero-order valence-corrected chi connectivity index (χ0v) is 13.2. The van der Waals surface area contributed by atoms with E-state index in [1.807, 2.05) is 36.9 Å². The van der Waals surface area contributed by atoms with Crippen molar-refractivity contribution in [3.63, 3.8) is 0 Å². The molecular weight excluding hydrogens is 290 g/mol. The first kappa shape index (κ1) is 15.5. The molecule has 0 radical (unpaired) electrons. The Morgan fingerprint density at radius 2 is 2.10 bits per heavy atom. The molecule has 0 fully saturated rings. The Balaban J connectivity index is 2.18. The van der Waals surface area contributed by atoms with Gasteiger partial charge in [-0.2, -0.15) is 4.31 Å². The van der Waals surface area contributed by atoms with Gasteiger partial charge in [0.1, 0.15) is 4.90 Å². The van der Waals surface area contributed by atoms with Gasteiger partial charge in [0.15, 0.2) is 0 Å². The maximum atomic E-state index is 12.5. The zero-order chi connectivity index (χ0) is 15.5. The number of ether oxygens (including phenoxy) is 1. The molecule has 0 bridgehead atoms. The number of aromatic nitrogens is 2. The van der Waals surface area contributed by atoms with Crippen molar-refractivity contribution in [2.75, 3.05) is 13.7 Å². The first-order valence-electron chi connectivity index (χ1n) is 6.60. The van der Waals surface area contributed by atoms with Gasteiger partial charge in [0.25, 0.3) is 0 Å². The van der Waals surface area contributed by atoms with Gasteiger partial charge in [0.05, 0.1) is 19.3 Å². The Morgan fingerprint density at radius 1 is 1.33 bits per heavy atom. The summed E-state index contributed by atoms with van der Waals surface area (Å²) in [7, 11) is -0.124. The number of aryl methyl sites for hydroxylation is 1. The number of hydrogen-bond acceptors (Lipinski definition) is 4. The predicted octanol–water partition coefficient (Wildman–Crippen LogP) is 1.64. The van der Waals surface area contributed by atoms with Crippen LogP contribution in [0.2, 0.25) is 0 Å². The van der Waals surface area contributed by atoms with Crippen molar-refractivity contribution >= 4 is 10.0 Å². The van der Waals surface area contributed by atoms with Crippen LogP contribution in [0.5, 0.6) is 5.88 Å². The lowest BCUT2D eigenvalue weighted by Crippen LogP contribution is -2.27. The maximum absolute atomic E-state index is 12.5. The van der Waals surface area contributed by atoms with Gasteiger partial charge < -0.3 is 9.30 Å². The molecule has 0 spiro atoms. The summed E-state index contributed by atoms with van der Waals surface area (Å²) in [6.07, 6.45) is 3.20. The Morgan fingerprint density at radius 3 is 2.62 bits per heavy atom. The van der Waals surface area contributed by atoms with Gasteiger partial charge in [-0.15, -0.1) is 0 Å². The van der Waals surface area contributed by atoms with Crippen LogP contribution < -0.4 is 4.74 Å². The van der Waals surface area contributed by atoms with Crippen LogP contribution in [0.4, 0.5) is 0 Å². The van der Waals surface area contributed by atoms with E-state index >= 15 is 0 Å². The summed E-state index contributed by atoms with van der Waals surface area (Å²) < 4.78 is 33.4. The minimum atomic E-state index is -3.56. The molecule has 0 saturated carbocycles. The molecule has 0 aromatic carbocycles. The second-order valence-electron chi connectivity index (χ2n) is 4.64. The summed E-state index contributed by atoms with van der Waals surface area (Å²) >= 11 is 0. The minimum Gasteiger partial charge on any atom is -0.478 e. The van der Waals surface area contributed by atoms with Gasteiger partial charge >= 0.3 is 0 Å². The summed E-state index contributed by atoms with van der Waals surface area (Å²) in [6, 6.07) is 6.85. The highest BCUT2D eigenvalue weighted by molar-refractivity contribution is 7.89. The maximum Gasteiger partial charge on any atom is 0.244 e. The van der Waals surface area contributed by atoms with Gasteiger partial charge in [-0.05, 0) is 25.1 Å². The minimum absolute atomic E-state index is 0.155. The van der Waals surface area contributed by atoms with Gasteiger partial charge in [-0.25, -0.2) is 13.4 Å². The molecule has 7 heteroatoms. The number of rotatable bonds is 6. The number of sulfonamides is 1. The topological polar surface area (TPSA) is 64.4 Å². The van der Waals surface area contributed by atoms with Gasteiger partial charge in [0, 0.05) is 32.1 Å². The second kappa shape index (κ2) is 6.28. The molecule has 2 heterocycles. The number of pyridine rings is 1. The van der Waals surface area contributed by atoms with E-state index in [4.69, 9.17) is 4.74 Å². The van der Waals surface area contributed by atoms with Crippen molar-refractivity contribution in [3.8, 4) is 5.88 Å². The van der Waals surface area contributed by atoms with Crippen LogP contribution in [0.15, 0.2) is 41.6 Å². The first-order valence-corrected chi connectivity index (χ1v) is 8.04. The largest absolute Gasteiger partial charge is 0.478 e. The number of nitrogens with zero attached hydrogens (tertiary/aromatic N) is 3. The van der Waals surface area contributed by atoms with E-state index in [1.165, 1.54) is 16.6 Å². The van der Waals surface area contributed by atoms with E-state index in [1.54, 1.807) is 13.1 Å². The molecule has 0 N–H and O–H groups in total. The first-order chi connectivity index (χ1) is 9.95. The fraction of sp³-hybridized carbons (Fsp3) is 0.357. The summed E-state index contributed by atoms with van der Waals surface area (Å²) in [5.74, 6) is 0.418. The molecule has 0 unspecified atom stereocenters. The van der Waals surface area contributed by atoms with Crippen molar-refractivity contribution in [3.05, 3.63) is 42.4 Å². The van der Waals surface area contributed by atoms with E-state index < -0.39 is 10.0 Å². The Bertz CT molecular complexity index is 693. The summed E-state index contributed by atoms with van der Waals surface area (Å²) in [5, 5.41) is 0. The lowest BCUT2D eigenvalue weighted by Gasteiger charge is -2.17. The molecule has 114 valence electrons. The van der Waals surface area contributed by atoms with Crippen LogP contribution >= 0.6 is 0 Å². The molecule has 6 nitrogen and oxygen atoms in total. The molecule has 2 aromatic heterocycles. The van der Waals surface area contributed by atoms with Crippen molar-refractivity contribution < 1.29 is 13.2 Å². The average Bonchev–Trinajstić information content (AvgIpc) is 2.85. The van der Waals surface area contributed by atoms with Crippen molar-refractivity contribution in [1.82, 2.24) is 13.9 Å². The molecular formula is C14H19N3O3S. The third-order valence-corrected chi connectivity index (χ3v) is 4.93. The van der Waals surface area contributed by atoms with Crippen LogP contribution in [-0.4, -0.2) is 35.9 Å². The zero-order valence-electron chi connectivity index (χ0n) is 12.4. The van der Waals surface area contributed by atoms with Crippen LogP contribution in [0, 0.1) is 0 Å². The third-order valence-electron chi connectivity index (χ3n) is 3.15. The van der Waals surface area contributed by atoms with E-state index in [2.05, 4.69) is 4.98 Å². The quantitative estimate of drug-likeness (QED) is 0.814. The van der Waals surface area contributed by atoms with Crippen LogP contribution in [0.3, 0.4) is 0 Å². The molecule has 0 aliphatic heterocycles. The standard InChI is InChI=1S/C14H19N3O3S/c1-4-20-14-8-7-13(10-15-14)21(18,19)17(3)11-12-6-5-9-16(12)2/h5-10H,4,11H2,1-3H3. The molecule has 0 amide bonds. The molecule has 21 heavy (non-hydrogen) atoms. The third kappa shape index (κ3) is 3.43. The summed E-state index contributed by atoms with van der Waals surface area (Å²) in [6.45, 7) is 2.64. The van der Waals surface area contributed by atoms with Crippen LogP contribution in [0.25, 0.3) is 0 Å². The fourth-order valence-corrected chi connectivity index (χ4v) is 2.99. The molecule has 0 aliphatic carbocycles. The van der Waals surface area contributed by atoms with Crippen molar-refractivity contribution in [2.45, 2.75) is 18.4 Å². The summed E-state index contributed by atoms with van der Waals surface area (Å²) in [4.78, 5) is 4.15. The second-order valence-corrected chi connectivity index (χ2v) is 6.68. The van der Waals surface area contributed by atoms with Gasteiger partial charge in [0.2, 0.25) is 15.9 Å². The van der Waals surface area contributed by atoms with E-state index in [9.17, 15) is 8.42 Å². The molecule has 2 rings (SSSR count). The SMILES string of the molecule is CCOc1ccc(S(=O)(=O)N(C)Cc2cccn2C)cn1. The molecule has 2 aromatic rings. The lowest BCUT2D eigenvalue weighted by atomic mass is 10.4. The Labute approximate surface area is 125 Å². The average molecular weight is 309 g/mol. The Hall–Kier alpha value is -1.86. The monoisotopic (exact) mass is 309 g/mol.